The number of allylic oxidation sites excluding steroid dienone is 1. The summed E-state index contributed by atoms with van der Waals surface area (Å²) >= 11 is 3.47. The van der Waals surface area contributed by atoms with Crippen molar-refractivity contribution >= 4 is 22.0 Å². The van der Waals surface area contributed by atoms with E-state index in [1.54, 1.807) is 7.11 Å². The van der Waals surface area contributed by atoms with Crippen LogP contribution >= 0.6 is 15.9 Å². The first-order chi connectivity index (χ1) is 6.80. The Bertz CT molecular complexity index is 312. The molecule has 2 heteroatoms. The molecule has 0 aliphatic rings. The molecule has 0 amide bonds. The lowest BCUT2D eigenvalue weighted by Gasteiger charge is -2.02. The molecule has 0 aromatic heterocycles. The fourth-order valence-electron chi connectivity index (χ4n) is 1.20. The Morgan fingerprint density at radius 3 is 2.86 bits per heavy atom. The molecule has 0 N–H and O–H groups in total. The van der Waals surface area contributed by atoms with Crippen molar-refractivity contribution in [1.29, 1.82) is 0 Å². The molecular weight excluding hydrogens is 240 g/mol. The third-order valence-electron chi connectivity index (χ3n) is 2.09. The maximum absolute atomic E-state index is 5.16. The largest absolute Gasteiger partial charge is 0.497 e. The lowest BCUT2D eigenvalue weighted by Crippen LogP contribution is -1.85. The Morgan fingerprint density at radius 2 is 2.29 bits per heavy atom. The van der Waals surface area contributed by atoms with Gasteiger partial charge in [-0.25, -0.2) is 0 Å². The van der Waals surface area contributed by atoms with Gasteiger partial charge < -0.3 is 4.74 Å². The first-order valence-corrected chi connectivity index (χ1v) is 5.81. The highest BCUT2D eigenvalue weighted by atomic mass is 79.9. The number of hydrogen-bond acceptors (Lipinski definition) is 1. The van der Waals surface area contributed by atoms with Crippen molar-refractivity contribution in [2.24, 2.45) is 0 Å². The number of hydrogen-bond donors (Lipinski definition) is 0. The molecular formula is C12H15BrO. The first-order valence-electron chi connectivity index (χ1n) is 4.69. The van der Waals surface area contributed by atoms with Crippen molar-refractivity contribution in [2.75, 3.05) is 12.4 Å². The second-order valence-electron chi connectivity index (χ2n) is 3.07. The molecule has 0 aliphatic heterocycles. The van der Waals surface area contributed by atoms with Gasteiger partial charge in [0, 0.05) is 5.33 Å². The van der Waals surface area contributed by atoms with E-state index in [1.807, 2.05) is 18.2 Å². The van der Waals surface area contributed by atoms with Crippen molar-refractivity contribution in [3.63, 3.8) is 0 Å². The fourth-order valence-corrected chi connectivity index (χ4v) is 1.76. The average Bonchev–Trinajstić information content (AvgIpc) is 2.26. The molecule has 1 rings (SSSR count). The summed E-state index contributed by atoms with van der Waals surface area (Å²) in [6, 6.07) is 8.09. The summed E-state index contributed by atoms with van der Waals surface area (Å²) in [5, 5.41) is 0.931. The molecule has 0 saturated heterocycles. The van der Waals surface area contributed by atoms with Crippen molar-refractivity contribution in [3.05, 3.63) is 35.4 Å². The highest BCUT2D eigenvalue weighted by molar-refractivity contribution is 9.09. The summed E-state index contributed by atoms with van der Waals surface area (Å²) in [5.41, 5.74) is 2.58. The summed E-state index contributed by atoms with van der Waals surface area (Å²) in [6.45, 7) is 2.16. The lowest BCUT2D eigenvalue weighted by atomic mass is 10.1. The van der Waals surface area contributed by atoms with Crippen LogP contribution in [0, 0.1) is 0 Å². The van der Waals surface area contributed by atoms with E-state index in [4.69, 9.17) is 4.74 Å². The van der Waals surface area contributed by atoms with E-state index in [0.29, 0.717) is 0 Å². The summed E-state index contributed by atoms with van der Waals surface area (Å²) in [5.74, 6) is 0.906. The lowest BCUT2D eigenvalue weighted by molar-refractivity contribution is 0.414. The highest BCUT2D eigenvalue weighted by Crippen LogP contribution is 2.17. The molecule has 0 spiro atoms. The second-order valence-corrected chi connectivity index (χ2v) is 3.63. The van der Waals surface area contributed by atoms with E-state index in [-0.39, 0.29) is 0 Å². The van der Waals surface area contributed by atoms with E-state index in [9.17, 15) is 0 Å². The minimum absolute atomic E-state index is 0.906. The maximum Gasteiger partial charge on any atom is 0.119 e. The Labute approximate surface area is 93.9 Å². The van der Waals surface area contributed by atoms with Crippen LogP contribution in [0.5, 0.6) is 5.75 Å². The van der Waals surface area contributed by atoms with Gasteiger partial charge >= 0.3 is 0 Å². The zero-order valence-electron chi connectivity index (χ0n) is 8.59. The van der Waals surface area contributed by atoms with Gasteiger partial charge in [0.1, 0.15) is 5.75 Å². The summed E-state index contributed by atoms with van der Waals surface area (Å²) in [7, 11) is 1.69. The normalized spacial score (nSPS) is 11.5. The third-order valence-corrected chi connectivity index (χ3v) is 2.81. The smallest absolute Gasteiger partial charge is 0.119 e. The van der Waals surface area contributed by atoms with Crippen LogP contribution in [0.25, 0.3) is 6.08 Å². The number of rotatable bonds is 4. The van der Waals surface area contributed by atoms with Crippen LogP contribution < -0.4 is 4.74 Å². The van der Waals surface area contributed by atoms with Crippen molar-refractivity contribution in [1.82, 2.24) is 0 Å². The molecule has 1 aromatic rings. The van der Waals surface area contributed by atoms with E-state index < -0.39 is 0 Å². The van der Waals surface area contributed by atoms with Gasteiger partial charge in [0.05, 0.1) is 7.11 Å². The van der Waals surface area contributed by atoms with Gasteiger partial charge in [-0.1, -0.05) is 46.6 Å². The van der Waals surface area contributed by atoms with Gasteiger partial charge in [0.2, 0.25) is 0 Å². The number of methoxy groups -OCH3 is 1. The minimum atomic E-state index is 0.906. The maximum atomic E-state index is 5.16. The van der Waals surface area contributed by atoms with Crippen LogP contribution in [-0.4, -0.2) is 12.4 Å². The Hall–Kier alpha value is -0.760. The molecule has 0 heterocycles. The van der Waals surface area contributed by atoms with Crippen molar-refractivity contribution in [3.8, 4) is 5.75 Å². The Kier molecular flexibility index (Phi) is 4.74. The van der Waals surface area contributed by atoms with Gasteiger partial charge in [-0.15, -0.1) is 0 Å². The summed E-state index contributed by atoms with van der Waals surface area (Å²) < 4.78 is 5.16. The SMILES string of the molecule is CCC(=Cc1cccc(OC)c1)CBr. The summed E-state index contributed by atoms with van der Waals surface area (Å²) in [6.07, 6.45) is 3.26. The van der Waals surface area contributed by atoms with Crippen LogP contribution in [0.1, 0.15) is 18.9 Å². The quantitative estimate of drug-likeness (QED) is 0.742. The van der Waals surface area contributed by atoms with Gasteiger partial charge in [-0.2, -0.15) is 0 Å². The molecule has 0 bridgehead atoms. The standard InChI is InChI=1S/C12H15BrO/c1-3-10(9-13)7-11-5-4-6-12(8-11)14-2/h4-8H,3,9H2,1-2H3. The number of benzene rings is 1. The average molecular weight is 255 g/mol. The molecule has 0 radical (unpaired) electrons. The zero-order chi connectivity index (χ0) is 10.4. The molecule has 0 fully saturated rings. The van der Waals surface area contributed by atoms with E-state index in [2.05, 4.69) is 35.0 Å². The predicted molar refractivity (Wildman–Crippen MR) is 65.1 cm³/mol. The van der Waals surface area contributed by atoms with Crippen LogP contribution in [0.15, 0.2) is 29.8 Å². The molecule has 14 heavy (non-hydrogen) atoms. The highest BCUT2D eigenvalue weighted by Gasteiger charge is 1.95. The summed E-state index contributed by atoms with van der Waals surface area (Å²) in [4.78, 5) is 0. The zero-order valence-corrected chi connectivity index (χ0v) is 10.2. The predicted octanol–water partition coefficient (Wildman–Crippen LogP) is 3.88. The van der Waals surface area contributed by atoms with Crippen molar-refractivity contribution < 1.29 is 4.74 Å². The number of halogens is 1. The minimum Gasteiger partial charge on any atom is -0.497 e. The van der Waals surface area contributed by atoms with Gasteiger partial charge in [-0.05, 0) is 24.1 Å². The fraction of sp³-hybridized carbons (Fsp3) is 0.333. The topological polar surface area (TPSA) is 9.23 Å². The number of ether oxygens (including phenoxy) is 1. The second kappa shape index (κ2) is 5.86. The molecule has 1 aromatic carbocycles. The van der Waals surface area contributed by atoms with Crippen LogP contribution in [0.4, 0.5) is 0 Å². The Morgan fingerprint density at radius 1 is 1.50 bits per heavy atom. The molecule has 0 unspecified atom stereocenters. The van der Waals surface area contributed by atoms with E-state index >= 15 is 0 Å². The third kappa shape index (κ3) is 3.18. The Balaban J connectivity index is 2.90. The molecule has 1 nitrogen and oxygen atoms in total. The van der Waals surface area contributed by atoms with Crippen molar-refractivity contribution in [2.45, 2.75) is 13.3 Å². The van der Waals surface area contributed by atoms with Gasteiger partial charge in [-0.3, -0.25) is 0 Å². The first kappa shape index (κ1) is 11.3. The molecule has 76 valence electrons. The molecule has 0 atom stereocenters. The van der Waals surface area contributed by atoms with Gasteiger partial charge in [0.25, 0.3) is 0 Å². The van der Waals surface area contributed by atoms with Crippen LogP contribution in [-0.2, 0) is 0 Å². The van der Waals surface area contributed by atoms with Crippen LogP contribution in [0.3, 0.4) is 0 Å². The number of alkyl halides is 1. The van der Waals surface area contributed by atoms with Gasteiger partial charge in [0.15, 0.2) is 0 Å². The van der Waals surface area contributed by atoms with Crippen LogP contribution in [0.2, 0.25) is 0 Å². The van der Waals surface area contributed by atoms with E-state index in [0.717, 1.165) is 17.5 Å². The molecule has 0 aliphatic carbocycles. The molecule has 0 saturated carbocycles. The monoisotopic (exact) mass is 254 g/mol. The van der Waals surface area contributed by atoms with E-state index in [1.165, 1.54) is 11.1 Å².